The number of likely N-dealkylation sites (N-methyl/N-ethyl adjacent to an activating group) is 1. The normalized spacial score (nSPS) is 21.2. The van der Waals surface area contributed by atoms with Crippen LogP contribution in [0, 0.1) is 0 Å². The Hall–Kier alpha value is -3.63. The largest absolute Gasteiger partial charge is 0.465 e. The van der Waals surface area contributed by atoms with E-state index >= 15 is 0 Å². The number of rotatable bonds is 6. The first-order chi connectivity index (χ1) is 20.2. The molecule has 2 N–H and O–H groups in total. The molecule has 3 aliphatic rings. The van der Waals surface area contributed by atoms with Crippen LogP contribution in [0.25, 0.3) is 0 Å². The number of carbonyl (C=O) groups excluding carboxylic acids is 1. The summed E-state index contributed by atoms with van der Waals surface area (Å²) < 4.78 is 66.0. The molecule has 0 spiro atoms. The van der Waals surface area contributed by atoms with Crippen LogP contribution in [-0.4, -0.2) is 116 Å². The monoisotopic (exact) mass is 625 g/mol. The van der Waals surface area contributed by atoms with Crippen molar-refractivity contribution < 1.29 is 36.3 Å². The van der Waals surface area contributed by atoms with E-state index in [9.17, 15) is 36.3 Å². The SMILES string of the molecule is C[C@@H]1C(=O)N(C)c2ccc(Nc3cccc(S(=O)(=O)N4CCN(CC(F)(F)F)CC4)c3)nc2N1C1CCN(C(=O)O)CC1. The van der Waals surface area contributed by atoms with Gasteiger partial charge in [-0.05, 0) is 50.1 Å². The van der Waals surface area contributed by atoms with Crippen molar-refractivity contribution in [1.82, 2.24) is 19.1 Å². The summed E-state index contributed by atoms with van der Waals surface area (Å²) in [5.41, 5.74) is 1.05. The molecule has 0 unspecified atom stereocenters. The van der Waals surface area contributed by atoms with Gasteiger partial charge in [-0.3, -0.25) is 9.69 Å². The number of hydrogen-bond donors (Lipinski definition) is 2. The van der Waals surface area contributed by atoms with Crippen LogP contribution in [0.2, 0.25) is 0 Å². The van der Waals surface area contributed by atoms with E-state index in [0.717, 1.165) is 0 Å². The molecule has 2 amide bonds. The molecule has 1 aromatic carbocycles. The zero-order valence-corrected chi connectivity index (χ0v) is 24.6. The number of alkyl halides is 3. The van der Waals surface area contributed by atoms with Crippen LogP contribution in [0.4, 0.5) is 41.0 Å². The molecule has 0 bridgehead atoms. The smallest absolute Gasteiger partial charge is 0.407 e. The summed E-state index contributed by atoms with van der Waals surface area (Å²) in [7, 11) is -2.27. The van der Waals surface area contributed by atoms with Gasteiger partial charge in [-0.15, -0.1) is 0 Å². The predicted octanol–water partition coefficient (Wildman–Crippen LogP) is 3.01. The number of piperazine rings is 1. The molecular weight excluding hydrogens is 591 g/mol. The average Bonchev–Trinajstić information content (AvgIpc) is 2.96. The summed E-state index contributed by atoms with van der Waals surface area (Å²) in [6.45, 7) is 1.29. The highest BCUT2D eigenvalue weighted by Gasteiger charge is 2.40. The molecule has 2 aromatic rings. The number of nitrogens with zero attached hydrogens (tertiary/aromatic N) is 6. The van der Waals surface area contributed by atoms with E-state index < -0.39 is 34.9 Å². The first-order valence-electron chi connectivity index (χ1n) is 14.0. The number of halogens is 3. The van der Waals surface area contributed by atoms with E-state index in [0.29, 0.717) is 48.9 Å². The molecule has 2 saturated heterocycles. The second-order valence-electron chi connectivity index (χ2n) is 11.0. The van der Waals surface area contributed by atoms with E-state index in [1.165, 1.54) is 26.2 Å². The number of hydrogen-bond acceptors (Lipinski definition) is 8. The number of piperidine rings is 1. The molecular formula is C27H34F3N7O5S. The van der Waals surface area contributed by atoms with Crippen molar-refractivity contribution >= 4 is 45.0 Å². The van der Waals surface area contributed by atoms with Gasteiger partial charge < -0.3 is 25.1 Å². The van der Waals surface area contributed by atoms with E-state index in [4.69, 9.17) is 4.98 Å². The third-order valence-corrected chi connectivity index (χ3v) is 10.1. The molecule has 12 nitrogen and oxygen atoms in total. The van der Waals surface area contributed by atoms with Gasteiger partial charge in [0.2, 0.25) is 15.9 Å². The van der Waals surface area contributed by atoms with E-state index in [1.54, 1.807) is 43.1 Å². The number of benzene rings is 1. The van der Waals surface area contributed by atoms with Crippen LogP contribution in [0.1, 0.15) is 19.8 Å². The summed E-state index contributed by atoms with van der Waals surface area (Å²) in [4.78, 5) is 35.3. The first-order valence-corrected chi connectivity index (χ1v) is 15.4. The molecule has 1 aromatic heterocycles. The minimum atomic E-state index is -4.34. The molecule has 2 fully saturated rings. The number of nitrogens with one attached hydrogen (secondary N) is 1. The van der Waals surface area contributed by atoms with Crippen LogP contribution < -0.4 is 15.1 Å². The number of fused-ring (bicyclic) bond motifs is 1. The maximum atomic E-state index is 13.3. The van der Waals surface area contributed by atoms with Gasteiger partial charge >= 0.3 is 12.3 Å². The minimum Gasteiger partial charge on any atom is -0.465 e. The van der Waals surface area contributed by atoms with Crippen LogP contribution in [-0.2, 0) is 14.8 Å². The van der Waals surface area contributed by atoms with E-state index in [1.807, 2.05) is 4.90 Å². The Morgan fingerprint density at radius 2 is 1.74 bits per heavy atom. The zero-order valence-electron chi connectivity index (χ0n) is 23.8. The number of likely N-dealkylation sites (tertiary alicyclic amines) is 1. The van der Waals surface area contributed by atoms with Gasteiger partial charge in [-0.25, -0.2) is 18.2 Å². The number of sulfonamides is 1. The fourth-order valence-corrected chi connectivity index (χ4v) is 7.37. The van der Waals surface area contributed by atoms with Crippen molar-refractivity contribution in [3.05, 3.63) is 36.4 Å². The first kappa shape index (κ1) is 30.8. The lowest BCUT2D eigenvalue weighted by Gasteiger charge is -2.45. The van der Waals surface area contributed by atoms with Crippen molar-refractivity contribution in [3.8, 4) is 0 Å². The third kappa shape index (κ3) is 6.50. The second-order valence-corrected chi connectivity index (χ2v) is 12.9. The minimum absolute atomic E-state index is 0.00509. The molecule has 1 atom stereocenters. The highest BCUT2D eigenvalue weighted by molar-refractivity contribution is 7.89. The zero-order chi connectivity index (χ0) is 31.1. The summed E-state index contributed by atoms with van der Waals surface area (Å²) in [5.74, 6) is 0.874. The van der Waals surface area contributed by atoms with Gasteiger partial charge in [-0.2, -0.15) is 17.5 Å². The summed E-state index contributed by atoms with van der Waals surface area (Å²) >= 11 is 0. The molecule has 0 radical (unpaired) electrons. The van der Waals surface area contributed by atoms with Gasteiger partial charge in [0.15, 0.2) is 5.82 Å². The van der Waals surface area contributed by atoms with Crippen LogP contribution in [0.15, 0.2) is 41.3 Å². The van der Waals surface area contributed by atoms with Gasteiger partial charge in [0, 0.05) is 58.0 Å². The van der Waals surface area contributed by atoms with Gasteiger partial charge in [0.1, 0.15) is 11.9 Å². The molecule has 43 heavy (non-hydrogen) atoms. The molecule has 0 saturated carbocycles. The Labute approximate surface area is 247 Å². The Kier molecular flexibility index (Phi) is 8.46. The number of aromatic nitrogens is 1. The van der Waals surface area contributed by atoms with Crippen molar-refractivity contribution in [2.75, 3.05) is 68.0 Å². The van der Waals surface area contributed by atoms with Gasteiger partial charge in [-0.1, -0.05) is 6.07 Å². The number of pyridine rings is 1. The fourth-order valence-electron chi connectivity index (χ4n) is 5.90. The van der Waals surface area contributed by atoms with Gasteiger partial charge in [0.25, 0.3) is 0 Å². The summed E-state index contributed by atoms with van der Waals surface area (Å²) in [6.07, 6.45) is -4.24. The maximum Gasteiger partial charge on any atom is 0.407 e. The van der Waals surface area contributed by atoms with Crippen LogP contribution in [0.5, 0.6) is 0 Å². The molecule has 4 heterocycles. The number of amides is 2. The molecule has 16 heteroatoms. The lowest BCUT2D eigenvalue weighted by molar-refractivity contribution is -0.148. The Morgan fingerprint density at radius 3 is 2.37 bits per heavy atom. The lowest BCUT2D eigenvalue weighted by Crippen LogP contribution is -2.57. The lowest BCUT2D eigenvalue weighted by atomic mass is 9.99. The highest BCUT2D eigenvalue weighted by Crippen LogP contribution is 2.38. The third-order valence-electron chi connectivity index (χ3n) is 8.17. The van der Waals surface area contributed by atoms with Gasteiger partial charge in [0.05, 0.1) is 17.1 Å². The Balaban J connectivity index is 1.34. The number of anilines is 4. The molecule has 234 valence electrons. The second kappa shape index (κ2) is 11.8. The summed E-state index contributed by atoms with van der Waals surface area (Å²) in [5, 5.41) is 12.5. The molecule has 5 rings (SSSR count). The van der Waals surface area contributed by atoms with Crippen LogP contribution in [0.3, 0.4) is 0 Å². The van der Waals surface area contributed by atoms with Crippen molar-refractivity contribution in [2.24, 2.45) is 0 Å². The summed E-state index contributed by atoms with van der Waals surface area (Å²) in [6, 6.07) is 8.97. The van der Waals surface area contributed by atoms with Crippen molar-refractivity contribution in [3.63, 3.8) is 0 Å². The van der Waals surface area contributed by atoms with Crippen molar-refractivity contribution in [2.45, 2.75) is 42.9 Å². The van der Waals surface area contributed by atoms with Crippen LogP contribution >= 0.6 is 0 Å². The topological polar surface area (TPSA) is 130 Å². The van der Waals surface area contributed by atoms with Crippen molar-refractivity contribution in [1.29, 1.82) is 0 Å². The predicted molar refractivity (Wildman–Crippen MR) is 153 cm³/mol. The van der Waals surface area contributed by atoms with E-state index in [2.05, 4.69) is 5.32 Å². The molecule has 3 aliphatic heterocycles. The highest BCUT2D eigenvalue weighted by atomic mass is 32.2. The Bertz CT molecular complexity index is 1480. The average molecular weight is 626 g/mol. The number of carboxylic acid groups (broad SMARTS) is 1. The number of carbonyl (C=O) groups is 2. The maximum absolute atomic E-state index is 13.3. The standard InChI is InChI=1S/C27H34F3N7O5S/c1-18-25(38)33(2)22-6-7-23(32-24(22)37(18)20-8-10-35(11-9-20)26(39)40)31-19-4-3-5-21(16-19)43(41,42)36-14-12-34(13-15-36)17-27(28,29)30/h3-7,16,18,20H,8-15,17H2,1-2H3,(H,31,32)(H,39,40)/t18-/m1/s1. The van der Waals surface area contributed by atoms with E-state index in [-0.39, 0.29) is 43.0 Å². The molecule has 0 aliphatic carbocycles. The quantitative estimate of drug-likeness (QED) is 0.498. The Morgan fingerprint density at radius 1 is 1.07 bits per heavy atom. The fraction of sp³-hybridized carbons (Fsp3) is 0.519.